The average Bonchev–Trinajstić information content (AvgIpc) is 1.84. The zero-order chi connectivity index (χ0) is 8.85. The second-order valence-electron chi connectivity index (χ2n) is 1.27. The van der Waals surface area contributed by atoms with Crippen molar-refractivity contribution in [1.82, 2.24) is 0 Å². The van der Waals surface area contributed by atoms with Gasteiger partial charge in [-0.2, -0.15) is 0 Å². The molecule has 0 saturated carbocycles. The first-order valence-corrected chi connectivity index (χ1v) is 4.48. The molecular formula is C2H4K2O7P2+2. The Bertz CT molecular complexity index is 149. The standard InChI is InChI=1S/C2H4O7P2.2K/c3-1-2(8-10(4)5)9-11(6)7;;/h2-3H,1H2;;/q;2*+1. The number of aliphatic hydroxyl groups is 1. The minimum absolute atomic E-state index is 0. The van der Waals surface area contributed by atoms with Crippen molar-refractivity contribution in [3.05, 3.63) is 0 Å². The van der Waals surface area contributed by atoms with Crippen LogP contribution in [0.3, 0.4) is 0 Å². The summed E-state index contributed by atoms with van der Waals surface area (Å²) in [6.45, 7) is -0.855. The molecule has 0 saturated heterocycles. The number of rotatable bonds is 5. The number of hydrogen-bond acceptors (Lipinski definition) is 7. The Morgan fingerprint density at radius 2 is 1.46 bits per heavy atom. The maximum absolute atomic E-state index is 9.78. The molecule has 0 aromatic heterocycles. The largest absolute Gasteiger partial charge is 1.00 e. The van der Waals surface area contributed by atoms with Crippen LogP contribution in [0.25, 0.3) is 0 Å². The van der Waals surface area contributed by atoms with Crippen LogP contribution in [0.5, 0.6) is 0 Å². The van der Waals surface area contributed by atoms with Gasteiger partial charge in [0, 0.05) is 0 Å². The molecule has 0 aromatic carbocycles. The fourth-order valence-electron chi connectivity index (χ4n) is 0.278. The van der Waals surface area contributed by atoms with Crippen LogP contribution in [-0.4, -0.2) is 18.0 Å². The zero-order valence-electron chi connectivity index (χ0n) is 7.08. The molecule has 1 N–H and O–H groups in total. The van der Waals surface area contributed by atoms with Crippen LogP contribution in [0.1, 0.15) is 0 Å². The second kappa shape index (κ2) is 13.3. The van der Waals surface area contributed by atoms with Gasteiger partial charge in [-0.3, -0.25) is 0 Å². The van der Waals surface area contributed by atoms with E-state index in [0.717, 1.165) is 0 Å². The minimum Gasteiger partial charge on any atom is -0.566 e. The summed E-state index contributed by atoms with van der Waals surface area (Å²) in [4.78, 5) is 19.6. The third kappa shape index (κ3) is 15.3. The molecule has 0 spiro atoms. The molecule has 13 heavy (non-hydrogen) atoms. The Kier molecular flexibility index (Phi) is 22.1. The van der Waals surface area contributed by atoms with Crippen LogP contribution < -0.4 is 113 Å². The van der Waals surface area contributed by atoms with Crippen molar-refractivity contribution < 1.29 is 136 Å². The van der Waals surface area contributed by atoms with E-state index < -0.39 is 29.4 Å². The molecular weight excluding hydrogens is 276 g/mol. The van der Waals surface area contributed by atoms with Crippen molar-refractivity contribution in [2.24, 2.45) is 0 Å². The van der Waals surface area contributed by atoms with Gasteiger partial charge in [0.1, 0.15) is 6.61 Å². The van der Waals surface area contributed by atoms with Crippen LogP contribution in [0, 0.1) is 0 Å². The van der Waals surface area contributed by atoms with Crippen molar-refractivity contribution in [3.8, 4) is 0 Å². The van der Waals surface area contributed by atoms with E-state index in [1.807, 2.05) is 0 Å². The van der Waals surface area contributed by atoms with Crippen LogP contribution in [-0.2, 0) is 18.2 Å². The molecule has 0 aromatic rings. The van der Waals surface area contributed by atoms with E-state index >= 15 is 0 Å². The van der Waals surface area contributed by atoms with Crippen LogP contribution in [0.4, 0.5) is 0 Å². The third-order valence-electron chi connectivity index (χ3n) is 0.556. The molecule has 0 aliphatic heterocycles. The predicted molar refractivity (Wildman–Crippen MR) is 28.3 cm³/mol. The third-order valence-corrected chi connectivity index (χ3v) is 1.37. The predicted octanol–water partition coefficient (Wildman–Crippen LogP) is -7.62. The van der Waals surface area contributed by atoms with Gasteiger partial charge in [-0.05, 0) is 9.13 Å². The summed E-state index contributed by atoms with van der Waals surface area (Å²) in [7, 11) is -6.46. The molecule has 0 rings (SSSR count). The van der Waals surface area contributed by atoms with Gasteiger partial charge in [0.2, 0.25) is 0 Å². The average molecular weight is 280 g/mol. The van der Waals surface area contributed by atoms with Crippen molar-refractivity contribution >= 4 is 16.5 Å². The Labute approximate surface area is 161 Å². The smallest absolute Gasteiger partial charge is 0.566 e. The summed E-state index contributed by atoms with van der Waals surface area (Å²) in [6.07, 6.45) is -1.67. The summed E-state index contributed by atoms with van der Waals surface area (Å²) >= 11 is 0. The molecule has 0 radical (unpaired) electrons. The van der Waals surface area contributed by atoms with E-state index in [9.17, 15) is 18.9 Å². The summed E-state index contributed by atoms with van der Waals surface area (Å²) in [5.74, 6) is 0. The van der Waals surface area contributed by atoms with E-state index in [2.05, 4.69) is 9.05 Å². The van der Waals surface area contributed by atoms with Gasteiger partial charge in [0.25, 0.3) is 6.29 Å². The zero-order valence-corrected chi connectivity index (χ0v) is 15.1. The van der Waals surface area contributed by atoms with Gasteiger partial charge in [0.05, 0.1) is 0 Å². The van der Waals surface area contributed by atoms with Crippen LogP contribution >= 0.6 is 16.5 Å². The number of aliphatic hydroxyl groups excluding tert-OH is 1. The molecule has 0 bridgehead atoms. The first-order valence-electron chi connectivity index (χ1n) is 2.29. The molecule has 2 unspecified atom stereocenters. The van der Waals surface area contributed by atoms with Crippen molar-refractivity contribution in [3.63, 3.8) is 0 Å². The Balaban J connectivity index is -0.000000500. The minimum atomic E-state index is -3.23. The van der Waals surface area contributed by atoms with Crippen molar-refractivity contribution in [1.29, 1.82) is 0 Å². The number of hydrogen-bond donors (Lipinski definition) is 1. The maximum Gasteiger partial charge on any atom is 1.00 e. The summed E-state index contributed by atoms with van der Waals surface area (Å²) in [5, 5.41) is 8.24. The SMILES string of the molecule is O=[P+]([O-])OC(CO)O[P+](=O)[O-].[K+].[K+]. The van der Waals surface area contributed by atoms with E-state index in [1.165, 1.54) is 0 Å². The Morgan fingerprint density at radius 3 is 1.62 bits per heavy atom. The van der Waals surface area contributed by atoms with Crippen LogP contribution in [0.15, 0.2) is 0 Å². The van der Waals surface area contributed by atoms with E-state index in [-0.39, 0.29) is 103 Å². The van der Waals surface area contributed by atoms with Gasteiger partial charge in [-0.1, -0.05) is 0 Å². The van der Waals surface area contributed by atoms with Crippen LogP contribution in [0.2, 0.25) is 0 Å². The molecule has 0 fully saturated rings. The van der Waals surface area contributed by atoms with E-state index in [0.29, 0.717) is 0 Å². The first-order chi connectivity index (χ1) is 5.06. The van der Waals surface area contributed by atoms with Gasteiger partial charge in [-0.25, -0.2) is 0 Å². The van der Waals surface area contributed by atoms with Crippen molar-refractivity contribution in [2.45, 2.75) is 6.29 Å². The normalized spacial score (nSPS) is 13.5. The van der Waals surface area contributed by atoms with Gasteiger partial charge < -0.3 is 14.9 Å². The molecule has 2 atom stereocenters. The molecule has 11 heteroatoms. The fraction of sp³-hybridized carbons (Fsp3) is 1.00. The Hall–Kier alpha value is 3.27. The second-order valence-corrected chi connectivity index (χ2v) is 2.59. The van der Waals surface area contributed by atoms with Gasteiger partial charge in [-0.15, -0.1) is 9.05 Å². The molecule has 64 valence electrons. The van der Waals surface area contributed by atoms with Gasteiger partial charge >= 0.3 is 119 Å². The molecule has 0 aliphatic rings. The maximum atomic E-state index is 9.78. The first kappa shape index (κ1) is 21.5. The summed E-state index contributed by atoms with van der Waals surface area (Å²) in [6, 6.07) is 0. The van der Waals surface area contributed by atoms with Crippen molar-refractivity contribution in [2.75, 3.05) is 6.61 Å². The topological polar surface area (TPSA) is 119 Å². The summed E-state index contributed by atoms with van der Waals surface area (Å²) in [5.41, 5.74) is 0. The monoisotopic (exact) mass is 280 g/mol. The summed E-state index contributed by atoms with van der Waals surface area (Å²) < 4.78 is 27.2. The Morgan fingerprint density at radius 1 is 1.15 bits per heavy atom. The molecule has 0 amide bonds. The van der Waals surface area contributed by atoms with E-state index in [4.69, 9.17) is 5.11 Å². The molecule has 0 aliphatic carbocycles. The molecule has 0 heterocycles. The van der Waals surface area contributed by atoms with Gasteiger partial charge in [0.15, 0.2) is 0 Å². The quantitative estimate of drug-likeness (QED) is 0.302. The molecule has 7 nitrogen and oxygen atoms in total. The fourth-order valence-corrected chi connectivity index (χ4v) is 0.949. The van der Waals surface area contributed by atoms with E-state index in [1.54, 1.807) is 0 Å².